The summed E-state index contributed by atoms with van der Waals surface area (Å²) in [7, 11) is 0. The minimum absolute atomic E-state index is 0.0686. The third kappa shape index (κ3) is 5.34. The van der Waals surface area contributed by atoms with E-state index in [-0.39, 0.29) is 11.9 Å². The first kappa shape index (κ1) is 19.9. The average molecular weight is 383 g/mol. The second-order valence-electron chi connectivity index (χ2n) is 7.02. The molecule has 1 unspecified atom stereocenters. The molecule has 1 fully saturated rings. The molecule has 1 aliphatic heterocycles. The van der Waals surface area contributed by atoms with Crippen LogP contribution in [0, 0.1) is 6.92 Å². The number of benzene rings is 1. The van der Waals surface area contributed by atoms with E-state index in [1.807, 2.05) is 54.5 Å². The Morgan fingerprint density at radius 3 is 2.82 bits per heavy atom. The van der Waals surface area contributed by atoms with Crippen molar-refractivity contribution in [3.05, 3.63) is 48.5 Å². The molecule has 0 aliphatic carbocycles. The first-order valence-electron chi connectivity index (χ1n) is 10.1. The summed E-state index contributed by atoms with van der Waals surface area (Å²) in [5, 5.41) is 6.71. The fourth-order valence-corrected chi connectivity index (χ4v) is 3.40. The summed E-state index contributed by atoms with van der Waals surface area (Å²) in [5.41, 5.74) is 0.952. The minimum atomic E-state index is 0.0686. The van der Waals surface area contributed by atoms with Crippen LogP contribution in [0.5, 0.6) is 0 Å². The van der Waals surface area contributed by atoms with E-state index in [2.05, 4.69) is 32.1 Å². The van der Waals surface area contributed by atoms with E-state index in [0.717, 1.165) is 49.9 Å². The number of carbonyl (C=O) groups excluding carboxylic acids is 1. The third-order valence-corrected chi connectivity index (χ3v) is 4.88. The van der Waals surface area contributed by atoms with Crippen molar-refractivity contribution in [2.24, 2.45) is 4.99 Å². The lowest BCUT2D eigenvalue weighted by atomic mass is 10.2. The number of hydrogen-bond donors (Lipinski definition) is 2. The van der Waals surface area contributed by atoms with E-state index < -0.39 is 0 Å². The highest BCUT2D eigenvalue weighted by Gasteiger charge is 2.30. The molecule has 7 nitrogen and oxygen atoms in total. The number of carbonyl (C=O) groups is 1. The fraction of sp³-hybridized carbons (Fsp3) is 0.476. The zero-order chi connectivity index (χ0) is 19.8. The summed E-state index contributed by atoms with van der Waals surface area (Å²) in [6.45, 7) is 7.25. The number of aryl methyl sites for hydroxylation is 2. The Morgan fingerprint density at radius 2 is 2.11 bits per heavy atom. The highest BCUT2D eigenvalue weighted by atomic mass is 16.2. The molecule has 1 amide bonds. The smallest absolute Gasteiger partial charge is 0.229 e. The van der Waals surface area contributed by atoms with Gasteiger partial charge < -0.3 is 20.1 Å². The van der Waals surface area contributed by atoms with E-state index in [1.54, 1.807) is 0 Å². The van der Waals surface area contributed by atoms with E-state index in [4.69, 9.17) is 0 Å². The van der Waals surface area contributed by atoms with Gasteiger partial charge in [-0.1, -0.05) is 18.2 Å². The van der Waals surface area contributed by atoms with Crippen molar-refractivity contribution in [2.45, 2.75) is 45.7 Å². The van der Waals surface area contributed by atoms with Gasteiger partial charge in [-0.05, 0) is 38.8 Å². The molecule has 3 rings (SSSR count). The summed E-state index contributed by atoms with van der Waals surface area (Å²) in [5.74, 6) is 1.98. The van der Waals surface area contributed by atoms with Gasteiger partial charge in [-0.15, -0.1) is 0 Å². The number of nitrogens with zero attached hydrogens (tertiary/aromatic N) is 4. The lowest BCUT2D eigenvalue weighted by molar-refractivity contribution is -0.117. The van der Waals surface area contributed by atoms with Crippen LogP contribution in [-0.4, -0.2) is 47.1 Å². The van der Waals surface area contributed by atoms with Crippen LogP contribution in [0.3, 0.4) is 0 Å². The number of nitrogens with one attached hydrogen (secondary N) is 2. The first-order valence-corrected chi connectivity index (χ1v) is 10.1. The van der Waals surface area contributed by atoms with E-state index in [1.165, 1.54) is 0 Å². The van der Waals surface area contributed by atoms with E-state index in [0.29, 0.717) is 13.0 Å². The van der Waals surface area contributed by atoms with Gasteiger partial charge in [-0.25, -0.2) is 4.98 Å². The number of anilines is 1. The van der Waals surface area contributed by atoms with Crippen LogP contribution in [0.1, 0.15) is 32.0 Å². The number of imidazole rings is 1. The van der Waals surface area contributed by atoms with Gasteiger partial charge in [0, 0.05) is 50.7 Å². The molecule has 28 heavy (non-hydrogen) atoms. The van der Waals surface area contributed by atoms with Gasteiger partial charge in [0.05, 0.1) is 6.04 Å². The Balaban J connectivity index is 1.48. The summed E-state index contributed by atoms with van der Waals surface area (Å²) in [6, 6.07) is 9.90. The third-order valence-electron chi connectivity index (χ3n) is 4.88. The second kappa shape index (κ2) is 9.92. The Bertz CT molecular complexity index is 785. The maximum absolute atomic E-state index is 12.4. The first-order chi connectivity index (χ1) is 13.7. The molecule has 0 saturated carbocycles. The summed E-state index contributed by atoms with van der Waals surface area (Å²) in [6.07, 6.45) is 6.40. The van der Waals surface area contributed by atoms with Gasteiger partial charge in [0.15, 0.2) is 5.96 Å². The lowest BCUT2D eigenvalue weighted by Gasteiger charge is -2.19. The van der Waals surface area contributed by atoms with Crippen LogP contribution in [-0.2, 0) is 11.3 Å². The van der Waals surface area contributed by atoms with Crippen LogP contribution in [0.15, 0.2) is 47.7 Å². The van der Waals surface area contributed by atoms with Crippen molar-refractivity contribution in [3.63, 3.8) is 0 Å². The molecule has 1 aromatic carbocycles. The standard InChI is InChI=1S/C21H30N6O/c1-3-22-21(24-11-7-8-13-26-14-12-23-17(26)2)25-18-15-20(28)27(16-18)19-9-5-4-6-10-19/h4-6,9-10,12,14,18H,3,7-8,11,13,15-16H2,1-2H3,(H2,22,24,25). The predicted octanol–water partition coefficient (Wildman–Crippen LogP) is 2.33. The zero-order valence-electron chi connectivity index (χ0n) is 16.8. The van der Waals surface area contributed by atoms with Crippen LogP contribution in [0.2, 0.25) is 0 Å². The van der Waals surface area contributed by atoms with Crippen molar-refractivity contribution in [2.75, 3.05) is 24.5 Å². The molecular weight excluding hydrogens is 352 g/mol. The molecular formula is C21H30N6O. The topological polar surface area (TPSA) is 74.5 Å². The summed E-state index contributed by atoms with van der Waals surface area (Å²) in [4.78, 5) is 23.1. The van der Waals surface area contributed by atoms with Gasteiger partial charge in [-0.2, -0.15) is 0 Å². The van der Waals surface area contributed by atoms with Gasteiger partial charge in [0.1, 0.15) is 5.82 Å². The highest BCUT2D eigenvalue weighted by Crippen LogP contribution is 2.20. The number of aliphatic imine (C=N–C) groups is 1. The van der Waals surface area contributed by atoms with Gasteiger partial charge >= 0.3 is 0 Å². The number of aromatic nitrogens is 2. The van der Waals surface area contributed by atoms with Gasteiger partial charge in [0.2, 0.25) is 5.91 Å². The molecule has 1 aromatic heterocycles. The lowest BCUT2D eigenvalue weighted by Crippen LogP contribution is -2.44. The Hall–Kier alpha value is -2.83. The Kier molecular flexibility index (Phi) is 7.06. The number of rotatable bonds is 8. The number of hydrogen-bond acceptors (Lipinski definition) is 3. The van der Waals surface area contributed by atoms with Gasteiger partial charge in [-0.3, -0.25) is 9.79 Å². The molecule has 1 aliphatic rings. The molecule has 1 atom stereocenters. The molecule has 0 bridgehead atoms. The van der Waals surface area contributed by atoms with E-state index in [9.17, 15) is 4.79 Å². The number of para-hydroxylation sites is 1. The number of guanidine groups is 1. The molecule has 150 valence electrons. The number of unbranched alkanes of at least 4 members (excludes halogenated alkanes) is 1. The largest absolute Gasteiger partial charge is 0.357 e. The molecule has 7 heteroatoms. The van der Waals surface area contributed by atoms with Crippen molar-refractivity contribution >= 4 is 17.6 Å². The summed E-state index contributed by atoms with van der Waals surface area (Å²) >= 11 is 0. The highest BCUT2D eigenvalue weighted by molar-refractivity contribution is 5.97. The molecule has 2 heterocycles. The maximum atomic E-state index is 12.4. The molecule has 2 aromatic rings. The van der Waals surface area contributed by atoms with Gasteiger partial charge in [0.25, 0.3) is 0 Å². The Morgan fingerprint density at radius 1 is 1.29 bits per heavy atom. The van der Waals surface area contributed by atoms with Crippen molar-refractivity contribution in [3.8, 4) is 0 Å². The quantitative estimate of drug-likeness (QED) is 0.417. The molecule has 1 saturated heterocycles. The van der Waals surface area contributed by atoms with Crippen LogP contribution in [0.4, 0.5) is 5.69 Å². The SMILES string of the molecule is CCNC(=NCCCCn1ccnc1C)NC1CC(=O)N(c2ccccc2)C1. The molecule has 0 spiro atoms. The van der Waals surface area contributed by atoms with Crippen LogP contribution >= 0.6 is 0 Å². The van der Waals surface area contributed by atoms with E-state index >= 15 is 0 Å². The maximum Gasteiger partial charge on any atom is 0.229 e. The fourth-order valence-electron chi connectivity index (χ4n) is 3.40. The second-order valence-corrected chi connectivity index (χ2v) is 7.02. The molecule has 0 radical (unpaired) electrons. The Labute approximate surface area is 166 Å². The average Bonchev–Trinajstić information content (AvgIpc) is 3.27. The summed E-state index contributed by atoms with van der Waals surface area (Å²) < 4.78 is 2.16. The van der Waals surface area contributed by atoms with Crippen molar-refractivity contribution in [1.82, 2.24) is 20.2 Å². The minimum Gasteiger partial charge on any atom is -0.357 e. The number of amides is 1. The zero-order valence-corrected chi connectivity index (χ0v) is 16.8. The van der Waals surface area contributed by atoms with Crippen LogP contribution in [0.25, 0.3) is 0 Å². The molecule has 2 N–H and O–H groups in total. The monoisotopic (exact) mass is 382 g/mol. The predicted molar refractivity (Wildman–Crippen MR) is 113 cm³/mol. The van der Waals surface area contributed by atoms with Crippen molar-refractivity contribution in [1.29, 1.82) is 0 Å². The van der Waals surface area contributed by atoms with Crippen LogP contribution < -0.4 is 15.5 Å². The normalized spacial score (nSPS) is 17.2. The van der Waals surface area contributed by atoms with Crippen molar-refractivity contribution < 1.29 is 4.79 Å².